The van der Waals surface area contributed by atoms with Gasteiger partial charge >= 0.3 is 5.97 Å². The van der Waals surface area contributed by atoms with Gasteiger partial charge in [0.15, 0.2) is 0 Å². The average molecular weight is 273 g/mol. The van der Waals surface area contributed by atoms with Gasteiger partial charge in [0.25, 0.3) is 5.56 Å². The summed E-state index contributed by atoms with van der Waals surface area (Å²) in [5.41, 5.74) is 0.437. The Balaban J connectivity index is 1.98. The topological polar surface area (TPSA) is 86.3 Å². The lowest BCUT2D eigenvalue weighted by Gasteiger charge is -2.31. The molecule has 0 bridgehead atoms. The summed E-state index contributed by atoms with van der Waals surface area (Å²) < 4.78 is 0. The molecule has 1 aromatic carbocycles. The number of benzene rings is 1. The normalized spacial score (nSPS) is 19.2. The fourth-order valence-corrected chi connectivity index (χ4v) is 2.59. The zero-order chi connectivity index (χ0) is 14.1. The molecule has 1 saturated heterocycles. The van der Waals surface area contributed by atoms with Crippen LogP contribution in [0.15, 0.2) is 29.1 Å². The predicted molar refractivity (Wildman–Crippen MR) is 74.9 cm³/mol. The van der Waals surface area contributed by atoms with Gasteiger partial charge in [0.2, 0.25) is 5.95 Å². The number of aromatic amines is 1. The van der Waals surface area contributed by atoms with Crippen LogP contribution in [-0.2, 0) is 4.79 Å². The molecule has 6 nitrogen and oxygen atoms in total. The van der Waals surface area contributed by atoms with E-state index < -0.39 is 11.9 Å². The summed E-state index contributed by atoms with van der Waals surface area (Å²) in [7, 11) is 0. The first-order chi connectivity index (χ1) is 9.65. The number of fused-ring (bicyclic) bond motifs is 1. The van der Waals surface area contributed by atoms with Crippen molar-refractivity contribution in [1.29, 1.82) is 0 Å². The number of aromatic nitrogens is 2. The first-order valence-corrected chi connectivity index (χ1v) is 6.62. The lowest BCUT2D eigenvalue weighted by atomic mass is 9.99. The van der Waals surface area contributed by atoms with Gasteiger partial charge in [0, 0.05) is 13.1 Å². The maximum absolute atomic E-state index is 12.0. The summed E-state index contributed by atoms with van der Waals surface area (Å²) in [6, 6.07) is 7.13. The van der Waals surface area contributed by atoms with Gasteiger partial charge in [-0.05, 0) is 25.0 Å². The Hall–Kier alpha value is -2.37. The first-order valence-electron chi connectivity index (χ1n) is 6.62. The van der Waals surface area contributed by atoms with E-state index in [2.05, 4.69) is 9.97 Å². The van der Waals surface area contributed by atoms with E-state index in [1.165, 1.54) is 0 Å². The molecule has 20 heavy (non-hydrogen) atoms. The highest BCUT2D eigenvalue weighted by atomic mass is 16.4. The van der Waals surface area contributed by atoms with Crippen molar-refractivity contribution >= 4 is 22.8 Å². The summed E-state index contributed by atoms with van der Waals surface area (Å²) in [5.74, 6) is -0.738. The predicted octanol–water partition coefficient (Wildman–Crippen LogP) is 1.22. The minimum Gasteiger partial charge on any atom is -0.481 e. The number of hydrogen-bond donors (Lipinski definition) is 2. The second kappa shape index (κ2) is 4.96. The van der Waals surface area contributed by atoms with Crippen LogP contribution in [0.3, 0.4) is 0 Å². The Morgan fingerprint density at radius 2 is 2.20 bits per heavy atom. The van der Waals surface area contributed by atoms with Gasteiger partial charge in [0.05, 0.1) is 16.8 Å². The largest absolute Gasteiger partial charge is 0.481 e. The van der Waals surface area contributed by atoms with Crippen molar-refractivity contribution in [1.82, 2.24) is 9.97 Å². The summed E-state index contributed by atoms with van der Waals surface area (Å²) in [6.45, 7) is 1.10. The van der Waals surface area contributed by atoms with Crippen LogP contribution in [0.5, 0.6) is 0 Å². The number of carboxylic acid groups (broad SMARTS) is 1. The SMILES string of the molecule is O=C(O)C1CCCN(c2nc3ccccc3c(=O)[nH]2)C1. The fourth-order valence-electron chi connectivity index (χ4n) is 2.59. The second-order valence-electron chi connectivity index (χ2n) is 5.03. The van der Waals surface area contributed by atoms with Crippen molar-refractivity contribution in [3.8, 4) is 0 Å². The third-order valence-electron chi connectivity index (χ3n) is 3.67. The molecular weight excluding hydrogens is 258 g/mol. The van der Waals surface area contributed by atoms with E-state index in [0.29, 0.717) is 36.4 Å². The molecule has 104 valence electrons. The van der Waals surface area contributed by atoms with Crippen molar-refractivity contribution in [2.45, 2.75) is 12.8 Å². The van der Waals surface area contributed by atoms with Crippen molar-refractivity contribution < 1.29 is 9.90 Å². The van der Waals surface area contributed by atoms with Crippen molar-refractivity contribution in [2.24, 2.45) is 5.92 Å². The lowest BCUT2D eigenvalue weighted by molar-refractivity contribution is -0.141. The number of H-pyrrole nitrogens is 1. The summed E-state index contributed by atoms with van der Waals surface area (Å²) in [6.07, 6.45) is 1.46. The molecule has 0 saturated carbocycles. The molecular formula is C14H15N3O3. The number of rotatable bonds is 2. The Kier molecular flexibility index (Phi) is 3.14. The minimum atomic E-state index is -0.794. The van der Waals surface area contributed by atoms with Crippen molar-refractivity contribution in [3.63, 3.8) is 0 Å². The van der Waals surface area contributed by atoms with E-state index >= 15 is 0 Å². The van der Waals surface area contributed by atoms with Gasteiger partial charge in [-0.15, -0.1) is 0 Å². The maximum Gasteiger partial charge on any atom is 0.308 e. The Labute approximate surface area is 115 Å². The van der Waals surface area contributed by atoms with E-state index in [-0.39, 0.29) is 5.56 Å². The van der Waals surface area contributed by atoms with E-state index in [4.69, 9.17) is 5.11 Å². The van der Waals surface area contributed by atoms with Crippen LogP contribution < -0.4 is 10.5 Å². The highest BCUT2D eigenvalue weighted by Gasteiger charge is 2.26. The van der Waals surface area contributed by atoms with E-state index in [9.17, 15) is 9.59 Å². The number of piperidine rings is 1. The number of anilines is 1. The molecule has 3 rings (SSSR count). The standard InChI is InChI=1S/C14H15N3O3/c18-12-10-5-1-2-6-11(10)15-14(16-12)17-7-3-4-9(8-17)13(19)20/h1-2,5-6,9H,3-4,7-8H2,(H,19,20)(H,15,16,18). The number of nitrogens with zero attached hydrogens (tertiary/aromatic N) is 2. The van der Waals surface area contributed by atoms with Gasteiger partial charge < -0.3 is 10.0 Å². The molecule has 0 amide bonds. The van der Waals surface area contributed by atoms with Crippen LogP contribution >= 0.6 is 0 Å². The molecule has 1 atom stereocenters. The molecule has 1 aliphatic heterocycles. The number of nitrogens with one attached hydrogen (secondary N) is 1. The lowest BCUT2D eigenvalue weighted by Crippen LogP contribution is -2.40. The van der Waals surface area contributed by atoms with Crippen LogP contribution in [0.1, 0.15) is 12.8 Å². The van der Waals surface area contributed by atoms with E-state index in [1.54, 1.807) is 18.2 Å². The van der Waals surface area contributed by atoms with E-state index in [1.807, 2.05) is 11.0 Å². The van der Waals surface area contributed by atoms with Gasteiger partial charge in [-0.25, -0.2) is 4.98 Å². The molecule has 2 N–H and O–H groups in total. The Morgan fingerprint density at radius 3 is 3.00 bits per heavy atom. The number of carbonyl (C=O) groups is 1. The van der Waals surface area contributed by atoms with Crippen LogP contribution in [-0.4, -0.2) is 34.1 Å². The Morgan fingerprint density at radius 1 is 1.40 bits per heavy atom. The molecule has 1 aromatic heterocycles. The molecule has 2 aromatic rings. The third-order valence-corrected chi connectivity index (χ3v) is 3.67. The summed E-state index contributed by atoms with van der Waals surface area (Å²) in [4.78, 5) is 32.1. The average Bonchev–Trinajstić information content (AvgIpc) is 2.47. The number of hydrogen-bond acceptors (Lipinski definition) is 4. The summed E-state index contributed by atoms with van der Waals surface area (Å²) >= 11 is 0. The maximum atomic E-state index is 12.0. The zero-order valence-electron chi connectivity index (χ0n) is 10.9. The molecule has 0 aliphatic carbocycles. The minimum absolute atomic E-state index is 0.192. The third kappa shape index (κ3) is 2.24. The van der Waals surface area contributed by atoms with Crippen LogP contribution in [0.2, 0.25) is 0 Å². The monoisotopic (exact) mass is 273 g/mol. The first kappa shape index (κ1) is 12.7. The van der Waals surface area contributed by atoms with Crippen molar-refractivity contribution in [3.05, 3.63) is 34.6 Å². The van der Waals surface area contributed by atoms with Crippen LogP contribution in [0.25, 0.3) is 10.9 Å². The number of para-hydroxylation sites is 1. The number of aliphatic carboxylic acids is 1. The molecule has 6 heteroatoms. The van der Waals surface area contributed by atoms with Crippen LogP contribution in [0, 0.1) is 5.92 Å². The fraction of sp³-hybridized carbons (Fsp3) is 0.357. The van der Waals surface area contributed by atoms with Crippen molar-refractivity contribution in [2.75, 3.05) is 18.0 Å². The molecule has 1 aliphatic rings. The van der Waals surface area contributed by atoms with Gasteiger partial charge in [0.1, 0.15) is 0 Å². The zero-order valence-corrected chi connectivity index (χ0v) is 10.9. The highest BCUT2D eigenvalue weighted by molar-refractivity contribution is 5.78. The molecule has 1 fully saturated rings. The van der Waals surface area contributed by atoms with Gasteiger partial charge in [-0.1, -0.05) is 12.1 Å². The van der Waals surface area contributed by atoms with Gasteiger partial charge in [-0.2, -0.15) is 0 Å². The van der Waals surface area contributed by atoms with Crippen LogP contribution in [0.4, 0.5) is 5.95 Å². The van der Waals surface area contributed by atoms with Gasteiger partial charge in [-0.3, -0.25) is 14.6 Å². The molecule has 0 radical (unpaired) electrons. The van der Waals surface area contributed by atoms with E-state index in [0.717, 1.165) is 6.42 Å². The highest BCUT2D eigenvalue weighted by Crippen LogP contribution is 2.21. The smallest absolute Gasteiger partial charge is 0.308 e. The quantitative estimate of drug-likeness (QED) is 0.859. The molecule has 1 unspecified atom stereocenters. The molecule has 0 spiro atoms. The Bertz CT molecular complexity index is 710. The molecule has 2 heterocycles. The number of carboxylic acids is 1. The summed E-state index contributed by atoms with van der Waals surface area (Å²) in [5, 5.41) is 9.65. The second-order valence-corrected chi connectivity index (χ2v) is 5.03.